The van der Waals surface area contributed by atoms with E-state index in [-0.39, 0.29) is 12.4 Å². The number of halogens is 1. The van der Waals surface area contributed by atoms with Gasteiger partial charge in [-0.2, -0.15) is 0 Å². The van der Waals surface area contributed by atoms with Crippen LogP contribution in [0.2, 0.25) is 0 Å². The first-order valence-corrected chi connectivity index (χ1v) is 5.92. The zero-order valence-corrected chi connectivity index (χ0v) is 10.8. The predicted molar refractivity (Wildman–Crippen MR) is 73.4 cm³/mol. The molecule has 0 aliphatic rings. The maximum atomic E-state index is 5.89. The highest BCUT2D eigenvalue weighted by Gasteiger charge is 2.14. The fraction of sp³-hybridized carbons (Fsp3) is 0. The number of nitrogens with zero attached hydrogens (tertiary/aromatic N) is 1. The van der Waals surface area contributed by atoms with Gasteiger partial charge in [-0.05, 0) is 17.5 Å². The van der Waals surface area contributed by atoms with E-state index in [2.05, 4.69) is 18.2 Å². The van der Waals surface area contributed by atoms with Crippen LogP contribution in [0, 0.1) is 0 Å². The smallest absolute Gasteiger partial charge is 0.379 e. The van der Waals surface area contributed by atoms with Gasteiger partial charge in [0.25, 0.3) is 0 Å². The molecule has 0 saturated heterocycles. The summed E-state index contributed by atoms with van der Waals surface area (Å²) in [6.45, 7) is 0. The Kier molecular flexibility index (Phi) is 2.80. The summed E-state index contributed by atoms with van der Waals surface area (Å²) in [6.07, 6.45) is 0. The molecule has 0 fully saturated rings. The lowest BCUT2D eigenvalue weighted by Crippen LogP contribution is -3.00. The normalized spacial score (nSPS) is 10.7. The van der Waals surface area contributed by atoms with Gasteiger partial charge >= 0.3 is 11.2 Å². The lowest BCUT2D eigenvalue weighted by molar-refractivity contribution is -0.00000394. The van der Waals surface area contributed by atoms with E-state index >= 15 is 0 Å². The highest BCUT2D eigenvalue weighted by Crippen LogP contribution is 2.26. The largest absolute Gasteiger partial charge is 1.00 e. The molecule has 2 nitrogen and oxygen atoms in total. The molecule has 1 aromatic heterocycles. The van der Waals surface area contributed by atoms with Crippen LogP contribution in [0.1, 0.15) is 0 Å². The number of aromatic nitrogens is 1. The van der Waals surface area contributed by atoms with Gasteiger partial charge in [-0.3, -0.25) is 0 Å². The van der Waals surface area contributed by atoms with Crippen LogP contribution < -0.4 is 12.4 Å². The zero-order chi connectivity index (χ0) is 11.9. The van der Waals surface area contributed by atoms with Crippen LogP contribution >= 0.6 is 0 Å². The first-order chi connectivity index (χ1) is 8.92. The second-order valence-corrected chi connectivity index (χ2v) is 4.32. The van der Waals surface area contributed by atoms with Crippen molar-refractivity contribution in [1.29, 1.82) is 0 Å². The standard InChI is InChI=1S/C16H10NO.ClH/c1-2-6-12-11(5-1)9-10-15-16(12)17-13-7-3-4-8-14(13)18-15;/h1-10H;1H/q+1;/p-1. The van der Waals surface area contributed by atoms with Gasteiger partial charge in [0.1, 0.15) is 0 Å². The molecule has 0 bridgehead atoms. The Morgan fingerprint density at radius 2 is 1.53 bits per heavy atom. The van der Waals surface area contributed by atoms with E-state index in [0.29, 0.717) is 0 Å². The first-order valence-electron chi connectivity index (χ1n) is 5.92. The molecule has 0 saturated carbocycles. The molecule has 0 amide bonds. The Morgan fingerprint density at radius 1 is 0.737 bits per heavy atom. The summed E-state index contributed by atoms with van der Waals surface area (Å²) in [5.41, 5.74) is 3.46. The number of benzene rings is 3. The molecule has 4 rings (SSSR count). The highest BCUT2D eigenvalue weighted by molar-refractivity contribution is 6.04. The van der Waals surface area contributed by atoms with Gasteiger partial charge in [0.15, 0.2) is 11.0 Å². The van der Waals surface area contributed by atoms with Crippen LogP contribution in [0.3, 0.4) is 0 Å². The molecule has 0 atom stereocenters. The first kappa shape index (κ1) is 11.9. The topological polar surface area (TPSA) is 24.2 Å². The van der Waals surface area contributed by atoms with Crippen molar-refractivity contribution in [2.45, 2.75) is 0 Å². The number of fused-ring (bicyclic) bond motifs is 4. The lowest BCUT2D eigenvalue weighted by Gasteiger charge is -1.97. The minimum atomic E-state index is 0. The van der Waals surface area contributed by atoms with Crippen molar-refractivity contribution in [2.75, 3.05) is 0 Å². The van der Waals surface area contributed by atoms with Crippen LogP contribution in [0.4, 0.5) is 0 Å². The van der Waals surface area contributed by atoms with E-state index < -0.39 is 0 Å². The molecular weight excluding hydrogens is 258 g/mol. The minimum Gasteiger partial charge on any atom is -1.00 e. The average Bonchev–Trinajstić information content (AvgIpc) is 2.45. The van der Waals surface area contributed by atoms with E-state index in [1.54, 1.807) is 0 Å². The summed E-state index contributed by atoms with van der Waals surface area (Å²) in [5, 5.41) is 2.31. The third-order valence-electron chi connectivity index (χ3n) is 3.18. The predicted octanol–water partition coefficient (Wildman–Crippen LogP) is 1.42. The Hall–Kier alpha value is -2.19. The molecule has 0 N–H and O–H groups in total. The summed E-state index contributed by atoms with van der Waals surface area (Å²) in [5.74, 6) is 0. The number of rotatable bonds is 0. The van der Waals surface area contributed by atoms with Crippen molar-refractivity contribution in [3.8, 4) is 0 Å². The number of hydrogen-bond acceptors (Lipinski definition) is 1. The fourth-order valence-electron chi connectivity index (χ4n) is 2.31. The molecule has 0 aliphatic heterocycles. The average molecular weight is 268 g/mol. The highest BCUT2D eigenvalue weighted by atomic mass is 35.5. The Morgan fingerprint density at radius 3 is 2.47 bits per heavy atom. The van der Waals surface area contributed by atoms with Gasteiger partial charge in [0.2, 0.25) is 0 Å². The van der Waals surface area contributed by atoms with Crippen LogP contribution in [0.25, 0.3) is 33.0 Å². The molecule has 0 radical (unpaired) electrons. The number of para-hydroxylation sites is 2. The monoisotopic (exact) mass is 267 g/mol. The van der Waals surface area contributed by atoms with Gasteiger partial charge in [-0.25, -0.2) is 9.40 Å². The van der Waals surface area contributed by atoms with E-state index in [4.69, 9.17) is 9.40 Å². The third-order valence-corrected chi connectivity index (χ3v) is 3.18. The van der Waals surface area contributed by atoms with Gasteiger partial charge < -0.3 is 12.4 Å². The van der Waals surface area contributed by atoms with Gasteiger partial charge in [-0.15, -0.1) is 0 Å². The second-order valence-electron chi connectivity index (χ2n) is 4.32. The summed E-state index contributed by atoms with van der Waals surface area (Å²) >= 11 is 0. The minimum absolute atomic E-state index is 0. The van der Waals surface area contributed by atoms with Crippen molar-refractivity contribution in [2.24, 2.45) is 0 Å². The quantitative estimate of drug-likeness (QED) is 0.273. The molecule has 19 heavy (non-hydrogen) atoms. The van der Waals surface area contributed by atoms with E-state index in [0.717, 1.165) is 27.6 Å². The maximum absolute atomic E-state index is 5.89. The van der Waals surface area contributed by atoms with Crippen molar-refractivity contribution >= 4 is 33.0 Å². The third kappa shape index (κ3) is 1.81. The summed E-state index contributed by atoms with van der Waals surface area (Å²) in [6, 6.07) is 20.1. The van der Waals surface area contributed by atoms with Crippen molar-refractivity contribution in [1.82, 2.24) is 4.98 Å². The SMILES string of the molecule is [Cl-].c1ccc2c(c1)ccc1[o+]c3ccccc3nc12. The van der Waals surface area contributed by atoms with Gasteiger partial charge in [0.05, 0.1) is 0 Å². The van der Waals surface area contributed by atoms with E-state index in [9.17, 15) is 0 Å². The van der Waals surface area contributed by atoms with Crippen molar-refractivity contribution in [3.63, 3.8) is 0 Å². The summed E-state index contributed by atoms with van der Waals surface area (Å²) in [4.78, 5) is 4.71. The van der Waals surface area contributed by atoms with E-state index in [1.807, 2.05) is 42.5 Å². The van der Waals surface area contributed by atoms with E-state index in [1.165, 1.54) is 5.39 Å². The Bertz CT molecular complexity index is 883. The molecule has 1 heterocycles. The van der Waals surface area contributed by atoms with Crippen LogP contribution in [-0.4, -0.2) is 4.98 Å². The molecule has 92 valence electrons. The van der Waals surface area contributed by atoms with Crippen LogP contribution in [-0.2, 0) is 0 Å². The molecule has 4 aromatic rings. The Balaban J connectivity index is 0.00000110. The molecule has 3 aromatic carbocycles. The molecule has 0 spiro atoms. The van der Waals surface area contributed by atoms with Gasteiger partial charge in [0, 0.05) is 17.5 Å². The molecule has 3 heteroatoms. The maximum Gasteiger partial charge on any atom is 0.379 e. The molecule has 0 unspecified atom stereocenters. The Labute approximate surface area is 116 Å². The zero-order valence-electron chi connectivity index (χ0n) is 10.0. The van der Waals surface area contributed by atoms with Crippen LogP contribution in [0.5, 0.6) is 0 Å². The second kappa shape index (κ2) is 4.48. The van der Waals surface area contributed by atoms with Crippen LogP contribution in [0.15, 0.2) is 65.1 Å². The van der Waals surface area contributed by atoms with Gasteiger partial charge in [-0.1, -0.05) is 36.4 Å². The molecule has 0 aliphatic carbocycles. The molecular formula is C16H10ClNO. The summed E-state index contributed by atoms with van der Waals surface area (Å²) in [7, 11) is 0. The van der Waals surface area contributed by atoms with Crippen molar-refractivity contribution < 1.29 is 16.8 Å². The lowest BCUT2D eigenvalue weighted by atomic mass is 10.1. The number of hydrogen-bond donors (Lipinski definition) is 0. The van der Waals surface area contributed by atoms with Crippen molar-refractivity contribution in [3.05, 3.63) is 60.7 Å². The summed E-state index contributed by atoms with van der Waals surface area (Å²) < 4.78 is 5.89. The fourth-order valence-corrected chi connectivity index (χ4v) is 2.31.